The molecule has 0 saturated carbocycles. The first-order valence-corrected chi connectivity index (χ1v) is 7.20. The van der Waals surface area contributed by atoms with E-state index in [1.165, 1.54) is 12.3 Å². The van der Waals surface area contributed by atoms with E-state index in [1.807, 2.05) is 12.1 Å². The van der Waals surface area contributed by atoms with Crippen molar-refractivity contribution in [1.82, 2.24) is 9.97 Å². The van der Waals surface area contributed by atoms with Gasteiger partial charge in [0, 0.05) is 30.4 Å². The molecule has 122 valence electrons. The van der Waals surface area contributed by atoms with E-state index in [0.717, 1.165) is 0 Å². The van der Waals surface area contributed by atoms with E-state index in [4.69, 9.17) is 19.3 Å². The van der Waals surface area contributed by atoms with Gasteiger partial charge in [-0.15, -0.1) is 12.6 Å². The van der Waals surface area contributed by atoms with E-state index in [-0.39, 0.29) is 40.0 Å². The molecule has 0 aliphatic rings. The Labute approximate surface area is 149 Å². The van der Waals surface area contributed by atoms with Crippen LogP contribution in [-0.2, 0) is 4.74 Å². The average molecular weight is 344 g/mol. The van der Waals surface area contributed by atoms with Gasteiger partial charge in [-0.2, -0.15) is 10.5 Å². The number of hydrogen-bond acceptors (Lipinski definition) is 8. The number of aromatic nitrogens is 2. The largest absolute Gasteiger partial charge is 0.475 e. The minimum atomic E-state index is -2.51. The summed E-state index contributed by atoms with van der Waals surface area (Å²) < 4.78 is 31.3. The minimum absolute atomic E-state index is 0.0133. The van der Waals surface area contributed by atoms with Gasteiger partial charge >= 0.3 is 0 Å². The van der Waals surface area contributed by atoms with Gasteiger partial charge in [-0.1, -0.05) is 0 Å². The van der Waals surface area contributed by atoms with Crippen molar-refractivity contribution in [3.8, 4) is 29.1 Å². The SMILES string of the molecule is [2H]C([2H])([2H])O[C@H](C)COc1ccc(-c2c(C#N)c(N)nc(S)c2C#N)cn1. The highest BCUT2D eigenvalue weighted by molar-refractivity contribution is 7.80. The highest BCUT2D eigenvalue weighted by Crippen LogP contribution is 2.33. The molecule has 0 fully saturated rings. The molecule has 0 unspecified atom stereocenters. The molecule has 7 nitrogen and oxygen atoms in total. The molecule has 24 heavy (non-hydrogen) atoms. The third-order valence-electron chi connectivity index (χ3n) is 3.12. The molecule has 0 bridgehead atoms. The molecule has 2 aromatic heterocycles. The lowest BCUT2D eigenvalue weighted by molar-refractivity contribution is 0.0699. The highest BCUT2D eigenvalue weighted by Gasteiger charge is 2.19. The highest BCUT2D eigenvalue weighted by atomic mass is 32.1. The summed E-state index contributed by atoms with van der Waals surface area (Å²) in [5.74, 6) is 0.192. The maximum Gasteiger partial charge on any atom is 0.213 e. The van der Waals surface area contributed by atoms with Gasteiger partial charge in [0.05, 0.1) is 15.8 Å². The smallest absolute Gasteiger partial charge is 0.213 e. The lowest BCUT2D eigenvalue weighted by Crippen LogP contribution is -2.16. The predicted molar refractivity (Wildman–Crippen MR) is 90.5 cm³/mol. The van der Waals surface area contributed by atoms with Gasteiger partial charge in [-0.3, -0.25) is 0 Å². The number of ether oxygens (including phenoxy) is 2. The minimum Gasteiger partial charge on any atom is -0.475 e. The first kappa shape index (κ1) is 13.6. The lowest BCUT2D eigenvalue weighted by Gasteiger charge is -2.12. The average Bonchev–Trinajstić information content (AvgIpc) is 2.58. The molecule has 0 aliphatic carbocycles. The van der Waals surface area contributed by atoms with Crippen LogP contribution in [0.5, 0.6) is 5.88 Å². The summed E-state index contributed by atoms with van der Waals surface area (Å²) in [5.41, 5.74) is 6.68. The van der Waals surface area contributed by atoms with Crippen molar-refractivity contribution in [2.24, 2.45) is 0 Å². The van der Waals surface area contributed by atoms with Crippen LogP contribution in [0.4, 0.5) is 5.82 Å². The number of nitriles is 2. The lowest BCUT2D eigenvalue weighted by atomic mass is 9.98. The number of anilines is 1. The van der Waals surface area contributed by atoms with Crippen LogP contribution >= 0.6 is 12.6 Å². The van der Waals surface area contributed by atoms with E-state index < -0.39 is 13.1 Å². The number of rotatable bonds is 5. The number of thiol groups is 1. The van der Waals surface area contributed by atoms with E-state index in [2.05, 4.69) is 22.6 Å². The van der Waals surface area contributed by atoms with Crippen molar-refractivity contribution in [3.63, 3.8) is 0 Å². The fourth-order valence-electron chi connectivity index (χ4n) is 1.95. The van der Waals surface area contributed by atoms with E-state index >= 15 is 0 Å². The fraction of sp³-hybridized carbons (Fsp3) is 0.250. The van der Waals surface area contributed by atoms with Gasteiger partial charge in [0.15, 0.2) is 0 Å². The number of methoxy groups -OCH3 is 1. The Morgan fingerprint density at radius 1 is 1.38 bits per heavy atom. The second-order valence-corrected chi connectivity index (χ2v) is 5.22. The van der Waals surface area contributed by atoms with Crippen LogP contribution in [0, 0.1) is 22.7 Å². The second kappa shape index (κ2) is 7.64. The van der Waals surface area contributed by atoms with Crippen molar-refractivity contribution >= 4 is 18.4 Å². The molecule has 2 heterocycles. The Balaban J connectivity index is 2.26. The van der Waals surface area contributed by atoms with Crippen molar-refractivity contribution < 1.29 is 13.6 Å². The van der Waals surface area contributed by atoms with Gasteiger partial charge < -0.3 is 15.2 Å². The van der Waals surface area contributed by atoms with Crippen LogP contribution in [0.1, 0.15) is 22.2 Å². The predicted octanol–water partition coefficient (Wildman–Crippen LogP) is 2.17. The molecule has 0 spiro atoms. The van der Waals surface area contributed by atoms with Crippen LogP contribution in [0.2, 0.25) is 0 Å². The molecule has 2 N–H and O–H groups in total. The number of nitrogens with zero attached hydrogens (tertiary/aromatic N) is 4. The molecule has 0 radical (unpaired) electrons. The van der Waals surface area contributed by atoms with E-state index in [0.29, 0.717) is 5.56 Å². The molecule has 0 aromatic carbocycles. The number of pyridine rings is 2. The summed E-state index contributed by atoms with van der Waals surface area (Å²) in [5, 5.41) is 18.8. The molecule has 1 atom stereocenters. The van der Waals surface area contributed by atoms with Crippen LogP contribution in [-0.4, -0.2) is 29.7 Å². The van der Waals surface area contributed by atoms with Crippen molar-refractivity contribution in [3.05, 3.63) is 29.5 Å². The Hall–Kier alpha value is -2.81. The zero-order valence-electron chi connectivity index (χ0n) is 15.6. The van der Waals surface area contributed by atoms with Crippen LogP contribution < -0.4 is 10.5 Å². The van der Waals surface area contributed by atoms with E-state index in [9.17, 15) is 10.5 Å². The van der Waals surface area contributed by atoms with Crippen LogP contribution in [0.3, 0.4) is 0 Å². The molecule has 8 heteroatoms. The summed E-state index contributed by atoms with van der Waals surface area (Å²) in [6.07, 6.45) is 0.745. The van der Waals surface area contributed by atoms with Gasteiger partial charge in [-0.25, -0.2) is 9.97 Å². The molecular formula is C16H15N5O2S. The van der Waals surface area contributed by atoms with Gasteiger partial charge in [0.1, 0.15) is 35.2 Å². The maximum atomic E-state index is 9.37. The third-order valence-corrected chi connectivity index (χ3v) is 3.45. The summed E-state index contributed by atoms with van der Waals surface area (Å²) in [6.45, 7) is 1.55. The van der Waals surface area contributed by atoms with Gasteiger partial charge in [0.25, 0.3) is 0 Å². The molecular weight excluding hydrogens is 326 g/mol. The second-order valence-electron chi connectivity index (χ2n) is 4.79. The molecule has 0 saturated heterocycles. The monoisotopic (exact) mass is 344 g/mol. The fourth-order valence-corrected chi connectivity index (χ4v) is 2.22. The Morgan fingerprint density at radius 2 is 2.12 bits per heavy atom. The molecule has 0 amide bonds. The number of hydrogen-bond donors (Lipinski definition) is 2. The first-order valence-electron chi connectivity index (χ1n) is 8.26. The van der Waals surface area contributed by atoms with Crippen molar-refractivity contribution in [2.45, 2.75) is 18.1 Å². The quantitative estimate of drug-likeness (QED) is 0.798. The Kier molecular flexibility index (Phi) is 4.34. The van der Waals surface area contributed by atoms with Crippen LogP contribution in [0.15, 0.2) is 23.4 Å². The van der Waals surface area contributed by atoms with Crippen molar-refractivity contribution in [1.29, 1.82) is 10.5 Å². The molecule has 0 aliphatic heterocycles. The third kappa shape index (κ3) is 3.57. The summed E-state index contributed by atoms with van der Waals surface area (Å²) in [7, 11) is -2.51. The normalized spacial score (nSPS) is 13.8. The summed E-state index contributed by atoms with van der Waals surface area (Å²) in [6, 6.07) is 7.03. The molecule has 2 aromatic rings. The molecule has 2 rings (SSSR count). The summed E-state index contributed by atoms with van der Waals surface area (Å²) >= 11 is 4.14. The van der Waals surface area contributed by atoms with Gasteiger partial charge in [0.2, 0.25) is 5.88 Å². The maximum absolute atomic E-state index is 9.37. The van der Waals surface area contributed by atoms with E-state index in [1.54, 1.807) is 13.0 Å². The first-order chi connectivity index (χ1) is 12.7. The topological polar surface area (TPSA) is 118 Å². The van der Waals surface area contributed by atoms with Gasteiger partial charge in [-0.05, 0) is 13.0 Å². The Bertz CT molecular complexity index is 882. The number of nitrogens with two attached hydrogens (primary N) is 1. The number of nitrogen functional groups attached to an aromatic ring is 1. The zero-order chi connectivity index (χ0) is 20.2. The van der Waals surface area contributed by atoms with Crippen LogP contribution in [0.25, 0.3) is 11.1 Å². The Morgan fingerprint density at radius 3 is 2.71 bits per heavy atom. The zero-order valence-corrected chi connectivity index (χ0v) is 13.5. The summed E-state index contributed by atoms with van der Waals surface area (Å²) in [4.78, 5) is 8.00. The standard InChI is InChI=1S/C16H15N5O2S/c1-9(22-2)8-23-13-4-3-10(7-20-13)14-11(5-17)15(19)21-16(24)12(14)6-18/h3-4,7,9H,8H2,1-2H3,(H3,19,21,24)/t9-/m1/s1/i2D3. The van der Waals surface area contributed by atoms with Crippen molar-refractivity contribution in [2.75, 3.05) is 19.4 Å².